The standard InChI is InChI=1S/C17H20N2O4/c1-11(2)9-10-19-15(12-7-5-4-6-8-12)13(17(22)23-3)14(18-19)16(20)21/h4-8,11H,9-10H2,1-3H3,(H,20,21). The number of carbonyl (C=O) groups excluding carboxylic acids is 1. The van der Waals surface area contributed by atoms with E-state index in [-0.39, 0.29) is 11.3 Å². The summed E-state index contributed by atoms with van der Waals surface area (Å²) in [6, 6.07) is 9.16. The molecule has 0 radical (unpaired) electrons. The molecule has 0 aliphatic heterocycles. The van der Waals surface area contributed by atoms with Gasteiger partial charge in [0.05, 0.1) is 12.8 Å². The maximum absolute atomic E-state index is 12.1. The topological polar surface area (TPSA) is 81.4 Å². The molecule has 1 N–H and O–H groups in total. The van der Waals surface area contributed by atoms with Gasteiger partial charge in [-0.05, 0) is 12.3 Å². The lowest BCUT2D eigenvalue weighted by atomic mass is 10.0. The molecule has 0 bridgehead atoms. The van der Waals surface area contributed by atoms with Crippen molar-refractivity contribution in [3.8, 4) is 11.3 Å². The van der Waals surface area contributed by atoms with Gasteiger partial charge in [0.2, 0.25) is 0 Å². The van der Waals surface area contributed by atoms with Crippen molar-refractivity contribution in [1.29, 1.82) is 0 Å². The van der Waals surface area contributed by atoms with E-state index in [1.807, 2.05) is 30.3 Å². The van der Waals surface area contributed by atoms with Crippen molar-refractivity contribution in [1.82, 2.24) is 9.78 Å². The number of carboxylic acids is 1. The Morgan fingerprint density at radius 2 is 1.91 bits per heavy atom. The summed E-state index contributed by atoms with van der Waals surface area (Å²) in [5, 5.41) is 13.5. The van der Waals surface area contributed by atoms with E-state index in [1.165, 1.54) is 7.11 Å². The number of rotatable bonds is 6. The van der Waals surface area contributed by atoms with Crippen LogP contribution in [0.1, 0.15) is 41.1 Å². The van der Waals surface area contributed by atoms with E-state index in [4.69, 9.17) is 4.74 Å². The highest BCUT2D eigenvalue weighted by molar-refractivity contribution is 6.05. The zero-order chi connectivity index (χ0) is 17.0. The third-order valence-electron chi connectivity index (χ3n) is 3.51. The molecular formula is C17H20N2O4. The first-order valence-electron chi connectivity index (χ1n) is 7.43. The molecule has 0 saturated carbocycles. The zero-order valence-electron chi connectivity index (χ0n) is 13.4. The van der Waals surface area contributed by atoms with Crippen LogP contribution in [-0.2, 0) is 11.3 Å². The molecule has 0 fully saturated rings. The first-order valence-corrected chi connectivity index (χ1v) is 7.43. The molecule has 122 valence electrons. The lowest BCUT2D eigenvalue weighted by Crippen LogP contribution is -2.09. The molecule has 0 saturated heterocycles. The number of esters is 1. The number of benzene rings is 1. The molecule has 0 aliphatic rings. The van der Waals surface area contributed by atoms with Gasteiger partial charge < -0.3 is 9.84 Å². The zero-order valence-corrected chi connectivity index (χ0v) is 13.4. The van der Waals surface area contributed by atoms with Gasteiger partial charge in [0, 0.05) is 12.1 Å². The minimum atomic E-state index is -1.24. The fourth-order valence-electron chi connectivity index (χ4n) is 2.34. The molecule has 2 rings (SSSR count). The van der Waals surface area contributed by atoms with E-state index in [2.05, 4.69) is 18.9 Å². The summed E-state index contributed by atoms with van der Waals surface area (Å²) in [4.78, 5) is 23.6. The minimum absolute atomic E-state index is 0.00467. The quantitative estimate of drug-likeness (QED) is 0.828. The van der Waals surface area contributed by atoms with Crippen LogP contribution in [0.2, 0.25) is 0 Å². The van der Waals surface area contributed by atoms with Gasteiger partial charge in [-0.2, -0.15) is 5.10 Å². The van der Waals surface area contributed by atoms with Gasteiger partial charge in [-0.25, -0.2) is 9.59 Å². The number of carbonyl (C=O) groups is 2. The van der Waals surface area contributed by atoms with E-state index in [9.17, 15) is 14.7 Å². The molecule has 1 aromatic heterocycles. The van der Waals surface area contributed by atoms with Crippen LogP contribution >= 0.6 is 0 Å². The number of hydrogen-bond donors (Lipinski definition) is 1. The predicted octanol–water partition coefficient (Wildman–Crippen LogP) is 3.08. The molecular weight excluding hydrogens is 296 g/mol. The van der Waals surface area contributed by atoms with E-state index >= 15 is 0 Å². The molecule has 0 atom stereocenters. The first kappa shape index (κ1) is 16.7. The normalized spacial score (nSPS) is 10.8. The van der Waals surface area contributed by atoms with E-state index < -0.39 is 11.9 Å². The van der Waals surface area contributed by atoms with Crippen molar-refractivity contribution in [2.45, 2.75) is 26.8 Å². The lowest BCUT2D eigenvalue weighted by molar-refractivity contribution is 0.0582. The molecule has 0 unspecified atom stereocenters. The lowest BCUT2D eigenvalue weighted by Gasteiger charge is -2.10. The second-order valence-corrected chi connectivity index (χ2v) is 5.64. The fraction of sp³-hybridized carbons (Fsp3) is 0.353. The molecule has 23 heavy (non-hydrogen) atoms. The van der Waals surface area contributed by atoms with E-state index in [0.717, 1.165) is 12.0 Å². The Balaban J connectivity index is 2.66. The number of methoxy groups -OCH3 is 1. The third kappa shape index (κ3) is 3.59. The monoisotopic (exact) mass is 316 g/mol. The Hall–Kier alpha value is -2.63. The average Bonchev–Trinajstić information content (AvgIpc) is 2.92. The summed E-state index contributed by atoms with van der Waals surface area (Å²) < 4.78 is 6.36. The van der Waals surface area contributed by atoms with Gasteiger partial charge in [0.1, 0.15) is 5.56 Å². The SMILES string of the molecule is COC(=O)c1c(C(=O)O)nn(CCC(C)C)c1-c1ccccc1. The molecule has 1 heterocycles. The second-order valence-electron chi connectivity index (χ2n) is 5.64. The van der Waals surface area contributed by atoms with Gasteiger partial charge in [0.15, 0.2) is 5.69 Å². The maximum Gasteiger partial charge on any atom is 0.357 e. The summed E-state index contributed by atoms with van der Waals surface area (Å²) in [7, 11) is 1.23. The van der Waals surface area contributed by atoms with Crippen LogP contribution in [0.25, 0.3) is 11.3 Å². The van der Waals surface area contributed by atoms with E-state index in [1.54, 1.807) is 4.68 Å². The highest BCUT2D eigenvalue weighted by Gasteiger charge is 2.29. The van der Waals surface area contributed by atoms with Crippen molar-refractivity contribution in [2.75, 3.05) is 7.11 Å². The Bertz CT molecular complexity index is 705. The van der Waals surface area contributed by atoms with Crippen molar-refractivity contribution >= 4 is 11.9 Å². The number of hydrogen-bond acceptors (Lipinski definition) is 4. The van der Waals surface area contributed by atoms with Crippen molar-refractivity contribution < 1.29 is 19.4 Å². The molecule has 6 heteroatoms. The first-order chi connectivity index (χ1) is 11.0. The largest absolute Gasteiger partial charge is 0.476 e. The summed E-state index contributed by atoms with van der Waals surface area (Å²) in [5.41, 5.74) is 0.932. The van der Waals surface area contributed by atoms with Gasteiger partial charge in [-0.1, -0.05) is 44.2 Å². The molecule has 0 aliphatic carbocycles. The van der Waals surface area contributed by atoms with Gasteiger partial charge in [-0.3, -0.25) is 4.68 Å². The number of carboxylic acid groups (broad SMARTS) is 1. The summed E-state index contributed by atoms with van der Waals surface area (Å²) >= 11 is 0. The average molecular weight is 316 g/mol. The number of nitrogens with zero attached hydrogens (tertiary/aromatic N) is 2. The summed E-state index contributed by atoms with van der Waals surface area (Å²) in [5.74, 6) is -1.51. The van der Waals surface area contributed by atoms with Gasteiger partial charge in [-0.15, -0.1) is 0 Å². The van der Waals surface area contributed by atoms with Gasteiger partial charge >= 0.3 is 11.9 Å². The smallest absolute Gasteiger partial charge is 0.357 e. The minimum Gasteiger partial charge on any atom is -0.476 e. The molecule has 0 amide bonds. The number of ether oxygens (including phenoxy) is 1. The number of aromatic carboxylic acids is 1. The Kier molecular flexibility index (Phi) is 5.16. The van der Waals surface area contributed by atoms with Crippen molar-refractivity contribution in [3.05, 3.63) is 41.6 Å². The number of aryl methyl sites for hydroxylation is 1. The van der Waals surface area contributed by atoms with Crippen LogP contribution in [-0.4, -0.2) is 33.9 Å². The van der Waals surface area contributed by atoms with Crippen LogP contribution in [0.4, 0.5) is 0 Å². The van der Waals surface area contributed by atoms with Crippen LogP contribution in [0, 0.1) is 5.92 Å². The Morgan fingerprint density at radius 3 is 2.43 bits per heavy atom. The van der Waals surface area contributed by atoms with E-state index in [0.29, 0.717) is 18.2 Å². The van der Waals surface area contributed by atoms with Crippen molar-refractivity contribution in [3.63, 3.8) is 0 Å². The van der Waals surface area contributed by atoms with Crippen LogP contribution in [0.15, 0.2) is 30.3 Å². The molecule has 1 aromatic carbocycles. The van der Waals surface area contributed by atoms with Crippen LogP contribution < -0.4 is 0 Å². The summed E-state index contributed by atoms with van der Waals surface area (Å²) in [6.07, 6.45) is 0.821. The van der Waals surface area contributed by atoms with Gasteiger partial charge in [0.25, 0.3) is 0 Å². The summed E-state index contributed by atoms with van der Waals surface area (Å²) in [6.45, 7) is 4.68. The third-order valence-corrected chi connectivity index (χ3v) is 3.51. The van der Waals surface area contributed by atoms with Crippen molar-refractivity contribution in [2.24, 2.45) is 5.92 Å². The highest BCUT2D eigenvalue weighted by Crippen LogP contribution is 2.28. The molecule has 0 spiro atoms. The fourth-order valence-corrected chi connectivity index (χ4v) is 2.34. The predicted molar refractivity (Wildman–Crippen MR) is 85.4 cm³/mol. The molecule has 6 nitrogen and oxygen atoms in total. The maximum atomic E-state index is 12.1. The van der Waals surface area contributed by atoms with Crippen LogP contribution in [0.3, 0.4) is 0 Å². The van der Waals surface area contributed by atoms with Crippen LogP contribution in [0.5, 0.6) is 0 Å². The molecule has 2 aromatic rings. The second kappa shape index (κ2) is 7.09. The highest BCUT2D eigenvalue weighted by atomic mass is 16.5. The Morgan fingerprint density at radius 1 is 1.26 bits per heavy atom. The number of aromatic nitrogens is 2. The Labute approximate surface area is 134 Å².